The largest absolute Gasteiger partial charge is 0.352 e. The number of nitrogens with one attached hydrogen (secondary N) is 2. The van der Waals surface area contributed by atoms with Gasteiger partial charge in [0.05, 0.1) is 16.0 Å². The first kappa shape index (κ1) is 23.3. The maximum atomic E-state index is 13.2. The Hall–Kier alpha value is -3.91. The van der Waals surface area contributed by atoms with Gasteiger partial charge in [0.15, 0.2) is 0 Å². The molecule has 0 radical (unpaired) electrons. The molecule has 0 saturated carbocycles. The molecule has 174 valence electrons. The molecule has 1 heterocycles. The van der Waals surface area contributed by atoms with Gasteiger partial charge in [-0.3, -0.25) is 9.59 Å². The Bertz CT molecular complexity index is 1400. The lowest BCUT2D eigenvalue weighted by Gasteiger charge is -2.07. The van der Waals surface area contributed by atoms with E-state index >= 15 is 0 Å². The number of aromatic nitrogens is 1. The molecule has 8 heteroatoms. The van der Waals surface area contributed by atoms with E-state index in [9.17, 15) is 18.0 Å². The van der Waals surface area contributed by atoms with Crippen LogP contribution in [0, 0.1) is 0 Å². The number of unbranched alkanes of at least 4 members (excludes halogenated alkanes) is 1. The zero-order chi connectivity index (χ0) is 24.0. The molecule has 3 aromatic carbocycles. The van der Waals surface area contributed by atoms with Crippen molar-refractivity contribution in [1.82, 2.24) is 14.6 Å². The van der Waals surface area contributed by atoms with Crippen molar-refractivity contribution in [2.24, 2.45) is 0 Å². The predicted octanol–water partition coefficient (Wildman–Crippen LogP) is 3.82. The second kappa shape index (κ2) is 10.4. The summed E-state index contributed by atoms with van der Waals surface area (Å²) in [7, 11) is -3.85. The zero-order valence-electron chi connectivity index (χ0n) is 18.5. The molecule has 0 aliphatic rings. The Morgan fingerprint density at radius 2 is 1.26 bits per heavy atom. The molecule has 4 rings (SSSR count). The van der Waals surface area contributed by atoms with Crippen LogP contribution in [0.2, 0.25) is 0 Å². The highest BCUT2D eigenvalue weighted by molar-refractivity contribution is 7.90. The minimum absolute atomic E-state index is 0.128. The van der Waals surface area contributed by atoms with Gasteiger partial charge in [-0.2, -0.15) is 0 Å². The normalized spacial score (nSPS) is 11.3. The molecule has 0 atom stereocenters. The van der Waals surface area contributed by atoms with E-state index in [0.29, 0.717) is 48.0 Å². The van der Waals surface area contributed by atoms with E-state index in [2.05, 4.69) is 10.6 Å². The highest BCUT2D eigenvalue weighted by Crippen LogP contribution is 2.26. The van der Waals surface area contributed by atoms with Crippen LogP contribution in [-0.4, -0.2) is 37.3 Å². The molecule has 1 aromatic heterocycles. The topological polar surface area (TPSA) is 97.3 Å². The number of amides is 2. The van der Waals surface area contributed by atoms with E-state index in [1.165, 1.54) is 18.3 Å². The van der Waals surface area contributed by atoms with Gasteiger partial charge in [-0.1, -0.05) is 54.6 Å². The van der Waals surface area contributed by atoms with Gasteiger partial charge in [0.25, 0.3) is 21.8 Å². The Morgan fingerprint density at radius 1 is 0.706 bits per heavy atom. The van der Waals surface area contributed by atoms with Crippen molar-refractivity contribution in [3.63, 3.8) is 0 Å². The summed E-state index contributed by atoms with van der Waals surface area (Å²) in [5.74, 6) is -0.469. The van der Waals surface area contributed by atoms with Gasteiger partial charge in [-0.25, -0.2) is 12.4 Å². The van der Waals surface area contributed by atoms with Crippen LogP contribution in [0.3, 0.4) is 0 Å². The maximum absolute atomic E-state index is 13.2. The number of rotatable bonds is 9. The van der Waals surface area contributed by atoms with Gasteiger partial charge in [-0.15, -0.1) is 0 Å². The first-order valence-corrected chi connectivity index (χ1v) is 12.4. The number of carbonyl (C=O) groups excluding carboxylic acids is 2. The number of hydrogen-bond donors (Lipinski definition) is 2. The first-order chi connectivity index (χ1) is 16.5. The molecule has 0 fully saturated rings. The van der Waals surface area contributed by atoms with Crippen molar-refractivity contribution < 1.29 is 18.0 Å². The minimum Gasteiger partial charge on any atom is -0.352 e. The van der Waals surface area contributed by atoms with Gasteiger partial charge in [-0.05, 0) is 43.2 Å². The third-order valence-electron chi connectivity index (χ3n) is 5.43. The minimum atomic E-state index is -3.85. The summed E-state index contributed by atoms with van der Waals surface area (Å²) < 4.78 is 27.5. The first-order valence-electron chi connectivity index (χ1n) is 11.0. The fourth-order valence-electron chi connectivity index (χ4n) is 3.68. The zero-order valence-corrected chi connectivity index (χ0v) is 19.3. The second-order valence-corrected chi connectivity index (χ2v) is 9.57. The van der Waals surface area contributed by atoms with Crippen molar-refractivity contribution in [3.8, 4) is 0 Å². The number of hydrogen-bond acceptors (Lipinski definition) is 4. The molecule has 0 unspecified atom stereocenters. The third-order valence-corrected chi connectivity index (χ3v) is 7.12. The average Bonchev–Trinajstić information content (AvgIpc) is 3.27. The van der Waals surface area contributed by atoms with E-state index in [1.54, 1.807) is 54.6 Å². The molecule has 7 nitrogen and oxygen atoms in total. The van der Waals surface area contributed by atoms with Gasteiger partial charge < -0.3 is 10.6 Å². The van der Waals surface area contributed by atoms with Gasteiger partial charge in [0, 0.05) is 30.2 Å². The van der Waals surface area contributed by atoms with Crippen LogP contribution in [0.5, 0.6) is 0 Å². The molecule has 0 spiro atoms. The summed E-state index contributed by atoms with van der Waals surface area (Å²) in [4.78, 5) is 25.1. The van der Waals surface area contributed by atoms with E-state index < -0.39 is 10.0 Å². The van der Waals surface area contributed by atoms with Crippen molar-refractivity contribution in [3.05, 3.63) is 102 Å². The Balaban J connectivity index is 1.38. The van der Waals surface area contributed by atoms with Crippen LogP contribution >= 0.6 is 0 Å². The fourth-order valence-corrected chi connectivity index (χ4v) is 5.07. The van der Waals surface area contributed by atoms with Crippen LogP contribution in [0.15, 0.2) is 96.0 Å². The van der Waals surface area contributed by atoms with Gasteiger partial charge in [0.1, 0.15) is 0 Å². The van der Waals surface area contributed by atoms with Crippen LogP contribution in [0.4, 0.5) is 0 Å². The summed E-state index contributed by atoms with van der Waals surface area (Å²) >= 11 is 0. The molecule has 0 aliphatic heterocycles. The fraction of sp³-hybridized carbons (Fsp3) is 0.154. The molecule has 4 aromatic rings. The monoisotopic (exact) mass is 475 g/mol. The van der Waals surface area contributed by atoms with Crippen LogP contribution in [-0.2, 0) is 10.0 Å². The highest BCUT2D eigenvalue weighted by atomic mass is 32.2. The van der Waals surface area contributed by atoms with Crippen molar-refractivity contribution in [1.29, 1.82) is 0 Å². The summed E-state index contributed by atoms with van der Waals surface area (Å²) in [5, 5.41) is 6.28. The van der Waals surface area contributed by atoms with Crippen LogP contribution in [0.25, 0.3) is 10.9 Å². The summed E-state index contributed by atoms with van der Waals surface area (Å²) in [6, 6.07) is 24.0. The van der Waals surface area contributed by atoms with E-state index in [1.807, 2.05) is 18.2 Å². The van der Waals surface area contributed by atoms with Crippen LogP contribution in [0.1, 0.15) is 33.6 Å². The Labute approximate surface area is 198 Å². The summed E-state index contributed by atoms with van der Waals surface area (Å²) in [5.41, 5.74) is 1.35. The molecule has 0 aliphatic carbocycles. The molecule has 0 saturated heterocycles. The molecular formula is C26H25N3O4S. The smallest absolute Gasteiger partial charge is 0.268 e. The third kappa shape index (κ3) is 5.02. The number of para-hydroxylation sites is 1. The molecule has 2 amide bonds. The number of nitrogens with zero attached hydrogens (tertiary/aromatic N) is 1. The van der Waals surface area contributed by atoms with E-state index in [4.69, 9.17) is 0 Å². The summed E-state index contributed by atoms with van der Waals surface area (Å²) in [6.07, 6.45) is 2.74. The predicted molar refractivity (Wildman–Crippen MR) is 131 cm³/mol. The second-order valence-electron chi connectivity index (χ2n) is 7.76. The maximum Gasteiger partial charge on any atom is 0.268 e. The van der Waals surface area contributed by atoms with Crippen molar-refractivity contribution >= 4 is 32.7 Å². The van der Waals surface area contributed by atoms with Gasteiger partial charge in [0.2, 0.25) is 0 Å². The number of carbonyl (C=O) groups is 2. The summed E-state index contributed by atoms with van der Waals surface area (Å²) in [6.45, 7) is 0.906. The Morgan fingerprint density at radius 3 is 1.94 bits per heavy atom. The lowest BCUT2D eigenvalue weighted by molar-refractivity contribution is 0.0940. The van der Waals surface area contributed by atoms with Crippen LogP contribution < -0.4 is 10.6 Å². The lowest BCUT2D eigenvalue weighted by atomic mass is 10.1. The molecular weight excluding hydrogens is 450 g/mol. The Kier molecular flexibility index (Phi) is 7.08. The van der Waals surface area contributed by atoms with Crippen molar-refractivity contribution in [2.75, 3.05) is 13.1 Å². The highest BCUT2D eigenvalue weighted by Gasteiger charge is 2.23. The average molecular weight is 476 g/mol. The lowest BCUT2D eigenvalue weighted by Crippen LogP contribution is -2.27. The molecule has 34 heavy (non-hydrogen) atoms. The quantitative estimate of drug-likeness (QED) is 0.360. The SMILES string of the molecule is O=C(NCCCCNC(=O)c1cn(S(=O)(=O)c2ccccc2)c2ccccc12)c1ccccc1. The molecule has 2 N–H and O–H groups in total. The molecule has 0 bridgehead atoms. The van der Waals surface area contributed by atoms with Gasteiger partial charge >= 0.3 is 0 Å². The number of fused-ring (bicyclic) bond motifs is 1. The van der Waals surface area contributed by atoms with E-state index in [0.717, 1.165) is 3.97 Å². The van der Waals surface area contributed by atoms with Crippen molar-refractivity contribution in [2.45, 2.75) is 17.7 Å². The standard InChI is InChI=1S/C26H25N3O4S/c30-25(20-11-3-1-4-12-20)27-17-9-10-18-28-26(31)23-19-29(24-16-8-7-15-22(23)24)34(32,33)21-13-5-2-6-14-21/h1-8,11-16,19H,9-10,17-18H2,(H,27,30)(H,28,31). The number of benzene rings is 3. The van der Waals surface area contributed by atoms with E-state index in [-0.39, 0.29) is 16.7 Å².